The third kappa shape index (κ3) is 4.29. The highest BCUT2D eigenvalue weighted by Crippen LogP contribution is 2.33. The van der Waals surface area contributed by atoms with Crippen molar-refractivity contribution in [2.45, 2.75) is 18.9 Å². The first-order chi connectivity index (χ1) is 11.3. The zero-order chi connectivity index (χ0) is 15.9. The molecule has 0 aliphatic carbocycles. The van der Waals surface area contributed by atoms with E-state index in [9.17, 15) is 0 Å². The predicted octanol–water partition coefficient (Wildman–Crippen LogP) is 2.98. The van der Waals surface area contributed by atoms with E-state index in [4.69, 9.17) is 10.5 Å². The van der Waals surface area contributed by atoms with Gasteiger partial charge in [-0.2, -0.15) is 0 Å². The number of guanidine groups is 1. The Morgan fingerprint density at radius 3 is 2.83 bits per heavy atom. The average molecular weight is 310 g/mol. The van der Waals surface area contributed by atoms with Crippen LogP contribution in [0, 0.1) is 5.92 Å². The van der Waals surface area contributed by atoms with Crippen LogP contribution in [0.1, 0.15) is 24.5 Å². The van der Waals surface area contributed by atoms with Crippen LogP contribution in [0.3, 0.4) is 0 Å². The van der Waals surface area contributed by atoms with Crippen LogP contribution in [0.4, 0.5) is 5.82 Å². The molecule has 2 unspecified atom stereocenters. The second-order valence-electron chi connectivity index (χ2n) is 5.67. The van der Waals surface area contributed by atoms with Gasteiger partial charge in [-0.15, -0.1) is 0 Å². The number of anilines is 1. The number of ether oxygens (including phenoxy) is 1. The van der Waals surface area contributed by atoms with Gasteiger partial charge >= 0.3 is 0 Å². The maximum absolute atomic E-state index is 5.98. The van der Waals surface area contributed by atoms with Crippen LogP contribution in [0.2, 0.25) is 0 Å². The van der Waals surface area contributed by atoms with Gasteiger partial charge in [0.2, 0.25) is 0 Å². The Bertz CT molecular complexity index is 630. The first-order valence-corrected chi connectivity index (χ1v) is 7.97. The standard InChI is InChI=1S/C18H22N4O/c19-18(22-16-10-4-5-11-20-16)21-13-15-9-6-12-23-17(15)14-7-2-1-3-8-14/h1-5,7-8,10-11,15,17H,6,9,12-13H2,(H3,19,20,21,22). The van der Waals surface area contributed by atoms with Crippen LogP contribution < -0.4 is 11.1 Å². The Morgan fingerprint density at radius 1 is 1.22 bits per heavy atom. The Labute approximate surface area is 136 Å². The summed E-state index contributed by atoms with van der Waals surface area (Å²) in [6, 6.07) is 16.0. The number of pyridine rings is 1. The van der Waals surface area contributed by atoms with Crippen molar-refractivity contribution in [1.82, 2.24) is 4.98 Å². The van der Waals surface area contributed by atoms with Gasteiger partial charge in [-0.25, -0.2) is 4.98 Å². The lowest BCUT2D eigenvalue weighted by atomic mass is 9.89. The number of nitrogens with one attached hydrogen (secondary N) is 1. The Morgan fingerprint density at radius 2 is 2.04 bits per heavy atom. The maximum atomic E-state index is 5.98. The molecule has 1 saturated heterocycles. The summed E-state index contributed by atoms with van der Waals surface area (Å²) in [4.78, 5) is 8.66. The number of nitrogens with two attached hydrogens (primary N) is 1. The molecular formula is C18H22N4O. The number of hydrogen-bond acceptors (Lipinski definition) is 3. The highest BCUT2D eigenvalue weighted by molar-refractivity contribution is 5.91. The van der Waals surface area contributed by atoms with Crippen LogP contribution in [0.25, 0.3) is 0 Å². The molecule has 0 bridgehead atoms. The monoisotopic (exact) mass is 310 g/mol. The minimum Gasteiger partial charge on any atom is -0.373 e. The van der Waals surface area contributed by atoms with Gasteiger partial charge in [-0.05, 0) is 30.5 Å². The summed E-state index contributed by atoms with van der Waals surface area (Å²) in [6.07, 6.45) is 3.98. The Hall–Kier alpha value is -2.40. The molecule has 1 aliphatic heterocycles. The van der Waals surface area contributed by atoms with Crippen molar-refractivity contribution in [3.8, 4) is 0 Å². The summed E-state index contributed by atoms with van der Waals surface area (Å²) in [5.41, 5.74) is 7.18. The summed E-state index contributed by atoms with van der Waals surface area (Å²) in [5, 5.41) is 3.01. The normalized spacial score (nSPS) is 21.8. The molecule has 0 spiro atoms. The molecule has 1 aromatic heterocycles. The molecule has 3 N–H and O–H groups in total. The van der Waals surface area contributed by atoms with Gasteiger partial charge in [-0.1, -0.05) is 36.4 Å². The molecule has 5 nitrogen and oxygen atoms in total. The average Bonchev–Trinajstić information content (AvgIpc) is 2.62. The van der Waals surface area contributed by atoms with Crippen LogP contribution in [-0.2, 0) is 4.74 Å². The van der Waals surface area contributed by atoms with E-state index in [1.807, 2.05) is 36.4 Å². The summed E-state index contributed by atoms with van der Waals surface area (Å²) in [6.45, 7) is 1.45. The van der Waals surface area contributed by atoms with Crippen LogP contribution >= 0.6 is 0 Å². The molecule has 1 fully saturated rings. The van der Waals surface area contributed by atoms with Gasteiger partial charge in [0.05, 0.1) is 6.10 Å². The summed E-state index contributed by atoms with van der Waals surface area (Å²) < 4.78 is 5.98. The van der Waals surface area contributed by atoms with Crippen molar-refractivity contribution in [3.63, 3.8) is 0 Å². The number of aromatic nitrogens is 1. The smallest absolute Gasteiger partial charge is 0.194 e. The molecule has 5 heteroatoms. The Kier molecular flexibility index (Phi) is 5.21. The summed E-state index contributed by atoms with van der Waals surface area (Å²) >= 11 is 0. The molecule has 2 heterocycles. The molecule has 3 rings (SSSR count). The zero-order valence-electron chi connectivity index (χ0n) is 13.1. The predicted molar refractivity (Wildman–Crippen MR) is 92.2 cm³/mol. The molecule has 120 valence electrons. The van der Waals surface area contributed by atoms with Gasteiger partial charge in [0.1, 0.15) is 5.82 Å². The minimum absolute atomic E-state index is 0.0938. The van der Waals surface area contributed by atoms with Crippen LogP contribution in [0.15, 0.2) is 59.7 Å². The molecule has 0 amide bonds. The van der Waals surface area contributed by atoms with Crippen molar-refractivity contribution < 1.29 is 4.74 Å². The third-order valence-electron chi connectivity index (χ3n) is 3.99. The number of benzene rings is 1. The lowest BCUT2D eigenvalue weighted by Gasteiger charge is -2.31. The fraction of sp³-hybridized carbons (Fsp3) is 0.333. The van der Waals surface area contributed by atoms with Gasteiger partial charge in [0.15, 0.2) is 5.96 Å². The lowest BCUT2D eigenvalue weighted by molar-refractivity contribution is -0.0249. The molecule has 23 heavy (non-hydrogen) atoms. The van der Waals surface area contributed by atoms with Crippen molar-refractivity contribution in [3.05, 3.63) is 60.3 Å². The van der Waals surface area contributed by atoms with Crippen molar-refractivity contribution in [1.29, 1.82) is 0 Å². The van der Waals surface area contributed by atoms with Crippen LogP contribution in [-0.4, -0.2) is 24.1 Å². The van der Waals surface area contributed by atoms with E-state index < -0.39 is 0 Å². The SMILES string of the molecule is NC(=NCC1CCCOC1c1ccccc1)Nc1ccccn1. The van der Waals surface area contributed by atoms with E-state index in [0.717, 1.165) is 19.4 Å². The van der Waals surface area contributed by atoms with Crippen molar-refractivity contribution >= 4 is 11.8 Å². The second kappa shape index (κ2) is 7.74. The quantitative estimate of drug-likeness (QED) is 0.672. The molecule has 2 aromatic rings. The highest BCUT2D eigenvalue weighted by Gasteiger charge is 2.27. The first kappa shape index (κ1) is 15.5. The topological polar surface area (TPSA) is 72.5 Å². The van der Waals surface area contributed by atoms with E-state index in [1.165, 1.54) is 5.56 Å². The fourth-order valence-electron chi connectivity index (χ4n) is 2.86. The molecular weight excluding hydrogens is 288 g/mol. The van der Waals surface area contributed by atoms with Crippen molar-refractivity contribution in [2.75, 3.05) is 18.5 Å². The van der Waals surface area contributed by atoms with Gasteiger partial charge in [0, 0.05) is 25.3 Å². The molecule has 0 saturated carbocycles. The number of aliphatic imine (C=N–C) groups is 1. The fourth-order valence-corrected chi connectivity index (χ4v) is 2.86. The van der Waals surface area contributed by atoms with E-state index in [0.29, 0.717) is 24.2 Å². The minimum atomic E-state index is 0.0938. The van der Waals surface area contributed by atoms with E-state index in [2.05, 4.69) is 27.4 Å². The van der Waals surface area contributed by atoms with E-state index in [1.54, 1.807) is 6.20 Å². The van der Waals surface area contributed by atoms with Gasteiger partial charge < -0.3 is 15.8 Å². The molecule has 1 aromatic carbocycles. The summed E-state index contributed by atoms with van der Waals surface area (Å²) in [5.74, 6) is 1.43. The highest BCUT2D eigenvalue weighted by atomic mass is 16.5. The number of rotatable bonds is 4. The van der Waals surface area contributed by atoms with E-state index in [-0.39, 0.29) is 6.10 Å². The van der Waals surface area contributed by atoms with Gasteiger partial charge in [0.25, 0.3) is 0 Å². The van der Waals surface area contributed by atoms with Gasteiger partial charge in [-0.3, -0.25) is 4.99 Å². The zero-order valence-corrected chi connectivity index (χ0v) is 13.1. The summed E-state index contributed by atoms with van der Waals surface area (Å²) in [7, 11) is 0. The largest absolute Gasteiger partial charge is 0.373 e. The van der Waals surface area contributed by atoms with E-state index >= 15 is 0 Å². The number of hydrogen-bond donors (Lipinski definition) is 2. The molecule has 1 aliphatic rings. The first-order valence-electron chi connectivity index (χ1n) is 7.97. The molecule has 2 atom stereocenters. The molecule has 0 radical (unpaired) electrons. The maximum Gasteiger partial charge on any atom is 0.194 e. The second-order valence-corrected chi connectivity index (χ2v) is 5.67. The van der Waals surface area contributed by atoms with Crippen LogP contribution in [0.5, 0.6) is 0 Å². The Balaban J connectivity index is 1.64. The van der Waals surface area contributed by atoms with Crippen molar-refractivity contribution in [2.24, 2.45) is 16.6 Å². The lowest BCUT2D eigenvalue weighted by Crippen LogP contribution is -2.28. The third-order valence-corrected chi connectivity index (χ3v) is 3.99. The number of nitrogens with zero attached hydrogens (tertiary/aromatic N) is 2.